The third-order valence-corrected chi connectivity index (χ3v) is 3.47. The number of hydrogen-bond acceptors (Lipinski definition) is 2. The van der Waals surface area contributed by atoms with Crippen molar-refractivity contribution in [2.24, 2.45) is 0 Å². The van der Waals surface area contributed by atoms with E-state index in [0.29, 0.717) is 25.9 Å². The molecule has 1 rings (SSSR count). The van der Waals surface area contributed by atoms with Gasteiger partial charge in [-0.3, -0.25) is 0 Å². The first-order valence-electron chi connectivity index (χ1n) is 6.18. The molecule has 19 heavy (non-hydrogen) atoms. The molecular weight excluding hydrogens is 255 g/mol. The molecule has 1 heterocycles. The van der Waals surface area contributed by atoms with E-state index < -0.39 is 17.4 Å². The summed E-state index contributed by atoms with van der Waals surface area (Å²) in [7, 11) is 1.92. The lowest BCUT2D eigenvalue weighted by molar-refractivity contribution is -0.0915. The lowest BCUT2D eigenvalue weighted by Crippen LogP contribution is -2.43. The summed E-state index contributed by atoms with van der Waals surface area (Å²) in [5.41, 5.74) is -1.63. The van der Waals surface area contributed by atoms with E-state index in [4.69, 9.17) is 0 Å². The van der Waals surface area contributed by atoms with Crippen LogP contribution in [0.1, 0.15) is 19.8 Å². The van der Waals surface area contributed by atoms with Gasteiger partial charge in [0, 0.05) is 18.7 Å². The van der Waals surface area contributed by atoms with Crippen LogP contribution in [0, 0.1) is 0 Å². The molecule has 0 saturated carbocycles. The third-order valence-electron chi connectivity index (χ3n) is 3.47. The van der Waals surface area contributed by atoms with E-state index in [1.807, 2.05) is 11.9 Å². The molecule has 0 unspecified atom stereocenters. The summed E-state index contributed by atoms with van der Waals surface area (Å²) in [6, 6.07) is 0. The van der Waals surface area contributed by atoms with Gasteiger partial charge in [-0.15, -0.1) is 0 Å². The van der Waals surface area contributed by atoms with E-state index in [-0.39, 0.29) is 5.57 Å². The first-order chi connectivity index (χ1) is 8.69. The van der Waals surface area contributed by atoms with Crippen LogP contribution in [0.5, 0.6) is 0 Å². The van der Waals surface area contributed by atoms with Gasteiger partial charge in [-0.1, -0.05) is 18.7 Å². The fraction of sp³-hybridized carbons (Fsp3) is 0.571. The number of likely N-dealkylation sites (tertiary alicyclic amines) is 1. The summed E-state index contributed by atoms with van der Waals surface area (Å²) < 4.78 is 37.8. The molecule has 0 atom stereocenters. The van der Waals surface area contributed by atoms with Crippen LogP contribution in [0.15, 0.2) is 36.0 Å². The molecule has 0 amide bonds. The first-order valence-corrected chi connectivity index (χ1v) is 6.18. The summed E-state index contributed by atoms with van der Waals surface area (Å²) in [5, 5.41) is 10.5. The number of nitrogens with zero attached hydrogens (tertiary/aromatic N) is 1. The van der Waals surface area contributed by atoms with Gasteiger partial charge in [0.15, 0.2) is 0 Å². The van der Waals surface area contributed by atoms with Crippen molar-refractivity contribution >= 4 is 0 Å². The Hall–Kier alpha value is -1.07. The van der Waals surface area contributed by atoms with E-state index in [1.165, 1.54) is 12.2 Å². The van der Waals surface area contributed by atoms with Gasteiger partial charge in [0.1, 0.15) is 0 Å². The Kier molecular flexibility index (Phi) is 4.98. The van der Waals surface area contributed by atoms with Gasteiger partial charge >= 0.3 is 6.18 Å². The molecule has 0 aromatic carbocycles. The van der Waals surface area contributed by atoms with Gasteiger partial charge in [-0.25, -0.2) is 0 Å². The molecule has 0 aromatic heterocycles. The second kappa shape index (κ2) is 5.92. The van der Waals surface area contributed by atoms with E-state index in [1.54, 1.807) is 0 Å². The minimum atomic E-state index is -4.37. The average molecular weight is 275 g/mol. The van der Waals surface area contributed by atoms with Gasteiger partial charge in [0.2, 0.25) is 0 Å². The van der Waals surface area contributed by atoms with Crippen molar-refractivity contribution in [1.82, 2.24) is 4.90 Å². The molecule has 1 fully saturated rings. The minimum absolute atomic E-state index is 0.283. The molecule has 2 nitrogen and oxygen atoms in total. The predicted molar refractivity (Wildman–Crippen MR) is 69.8 cm³/mol. The fourth-order valence-electron chi connectivity index (χ4n) is 2.06. The zero-order chi connectivity index (χ0) is 14.7. The number of rotatable bonds is 3. The number of piperidine rings is 1. The van der Waals surface area contributed by atoms with Crippen molar-refractivity contribution in [3.8, 4) is 0 Å². The number of allylic oxidation sites excluding steroid dienone is 3. The zero-order valence-corrected chi connectivity index (χ0v) is 11.3. The monoisotopic (exact) mass is 275 g/mol. The van der Waals surface area contributed by atoms with Crippen LogP contribution in [-0.2, 0) is 0 Å². The predicted octanol–water partition coefficient (Wildman–Crippen LogP) is 3.06. The lowest BCUT2D eigenvalue weighted by Gasteiger charge is -2.37. The zero-order valence-electron chi connectivity index (χ0n) is 11.3. The van der Waals surface area contributed by atoms with Crippen LogP contribution < -0.4 is 0 Å². The van der Waals surface area contributed by atoms with Gasteiger partial charge < -0.3 is 10.0 Å². The van der Waals surface area contributed by atoms with Crippen LogP contribution in [0.4, 0.5) is 13.2 Å². The highest BCUT2D eigenvalue weighted by atomic mass is 19.4. The molecule has 0 spiro atoms. The lowest BCUT2D eigenvalue weighted by atomic mass is 9.83. The second-order valence-corrected chi connectivity index (χ2v) is 5.02. The number of aliphatic hydroxyl groups is 1. The van der Waals surface area contributed by atoms with Crippen LogP contribution >= 0.6 is 0 Å². The smallest absolute Gasteiger partial charge is 0.385 e. The minimum Gasteiger partial charge on any atom is -0.385 e. The third kappa shape index (κ3) is 4.21. The van der Waals surface area contributed by atoms with Crippen LogP contribution in [0.3, 0.4) is 0 Å². The largest absolute Gasteiger partial charge is 0.412 e. The molecule has 0 aromatic rings. The SMILES string of the molecule is C=C/C=C(\C=C(/C)C(F)(F)F)C1(O)CCN(C)CC1. The summed E-state index contributed by atoms with van der Waals surface area (Å²) in [6.07, 6.45) is 0.358. The van der Waals surface area contributed by atoms with Crippen molar-refractivity contribution in [1.29, 1.82) is 0 Å². The number of halogens is 3. The van der Waals surface area contributed by atoms with Crippen molar-refractivity contribution in [2.75, 3.05) is 20.1 Å². The Balaban J connectivity index is 3.03. The molecular formula is C14H20F3NO. The van der Waals surface area contributed by atoms with Gasteiger partial charge in [-0.05, 0) is 38.5 Å². The van der Waals surface area contributed by atoms with Crippen molar-refractivity contribution < 1.29 is 18.3 Å². The standard InChI is InChI=1S/C14H20F3NO/c1-4-5-12(10-11(2)14(15,16)17)13(19)6-8-18(3)9-7-13/h4-5,10,19H,1,6-9H2,2-3H3/b11-10+,12-5+. The number of alkyl halides is 3. The topological polar surface area (TPSA) is 23.5 Å². The Labute approximate surface area is 111 Å². The van der Waals surface area contributed by atoms with Crippen molar-refractivity contribution in [3.63, 3.8) is 0 Å². The highest BCUT2D eigenvalue weighted by molar-refractivity contribution is 5.35. The van der Waals surface area contributed by atoms with E-state index in [2.05, 4.69) is 6.58 Å². The number of hydrogen-bond donors (Lipinski definition) is 1. The highest BCUT2D eigenvalue weighted by Gasteiger charge is 2.36. The quantitative estimate of drug-likeness (QED) is 0.800. The Morgan fingerprint density at radius 3 is 2.26 bits per heavy atom. The Bertz CT molecular complexity index is 388. The van der Waals surface area contributed by atoms with E-state index in [0.717, 1.165) is 13.0 Å². The second-order valence-electron chi connectivity index (χ2n) is 5.02. The van der Waals surface area contributed by atoms with E-state index in [9.17, 15) is 18.3 Å². The molecule has 1 N–H and O–H groups in total. The van der Waals surface area contributed by atoms with Gasteiger partial charge in [0.05, 0.1) is 5.60 Å². The van der Waals surface area contributed by atoms with Crippen LogP contribution in [0.25, 0.3) is 0 Å². The molecule has 5 heteroatoms. The molecule has 0 aliphatic carbocycles. The maximum absolute atomic E-state index is 12.6. The Morgan fingerprint density at radius 1 is 1.32 bits per heavy atom. The molecule has 108 valence electrons. The molecule has 0 bridgehead atoms. The maximum atomic E-state index is 12.6. The summed E-state index contributed by atoms with van der Waals surface area (Å²) in [5.74, 6) is 0. The highest BCUT2D eigenvalue weighted by Crippen LogP contribution is 2.33. The summed E-state index contributed by atoms with van der Waals surface area (Å²) in [6.45, 7) is 5.82. The molecule has 1 saturated heterocycles. The molecule has 1 aliphatic rings. The molecule has 0 radical (unpaired) electrons. The van der Waals surface area contributed by atoms with Crippen LogP contribution in [0.2, 0.25) is 0 Å². The normalized spacial score (nSPS) is 22.4. The summed E-state index contributed by atoms with van der Waals surface area (Å²) in [4.78, 5) is 2.04. The Morgan fingerprint density at radius 2 is 1.84 bits per heavy atom. The first kappa shape index (κ1) is 16.0. The summed E-state index contributed by atoms with van der Waals surface area (Å²) >= 11 is 0. The van der Waals surface area contributed by atoms with E-state index >= 15 is 0 Å². The van der Waals surface area contributed by atoms with Gasteiger partial charge in [-0.2, -0.15) is 13.2 Å². The maximum Gasteiger partial charge on any atom is 0.412 e. The van der Waals surface area contributed by atoms with Crippen LogP contribution in [-0.4, -0.2) is 41.9 Å². The van der Waals surface area contributed by atoms with Gasteiger partial charge in [0.25, 0.3) is 0 Å². The average Bonchev–Trinajstić information content (AvgIpc) is 2.31. The van der Waals surface area contributed by atoms with Crippen molar-refractivity contribution in [2.45, 2.75) is 31.5 Å². The molecule has 1 aliphatic heterocycles. The van der Waals surface area contributed by atoms with Crippen molar-refractivity contribution in [3.05, 3.63) is 36.0 Å². The fourth-order valence-corrected chi connectivity index (χ4v) is 2.06.